The van der Waals surface area contributed by atoms with Gasteiger partial charge < -0.3 is 19.0 Å². The minimum absolute atomic E-state index is 0.0460. The van der Waals surface area contributed by atoms with Gasteiger partial charge in [0.1, 0.15) is 5.75 Å². The monoisotopic (exact) mass is 371 g/mol. The zero-order chi connectivity index (χ0) is 19.0. The molecule has 0 bridgehead atoms. The van der Waals surface area contributed by atoms with Gasteiger partial charge in [-0.15, -0.1) is 0 Å². The molecular formula is C18H17N3O4S. The number of methoxy groups -OCH3 is 1. The fourth-order valence-electron chi connectivity index (χ4n) is 2.83. The predicted molar refractivity (Wildman–Crippen MR) is 98.1 cm³/mol. The van der Waals surface area contributed by atoms with E-state index < -0.39 is 11.8 Å². The maximum atomic E-state index is 13.0. The number of aryl methyl sites for hydroxylation is 2. The second-order valence-corrected chi connectivity index (χ2v) is 6.02. The number of aromatic hydroxyl groups is 1. The third-order valence-electron chi connectivity index (χ3n) is 4.21. The molecule has 7 nitrogen and oxygen atoms in total. The van der Waals surface area contributed by atoms with Gasteiger partial charge in [-0.3, -0.25) is 4.79 Å². The zero-order valence-corrected chi connectivity index (χ0v) is 15.3. The number of ketones is 1. The van der Waals surface area contributed by atoms with Crippen molar-refractivity contribution >= 4 is 35.1 Å². The number of phenolic OH excluding ortho intramolecular Hbond substituents is 1. The van der Waals surface area contributed by atoms with Crippen LogP contribution in [0.5, 0.6) is 5.75 Å². The van der Waals surface area contributed by atoms with Crippen molar-refractivity contribution in [2.45, 2.75) is 13.5 Å². The summed E-state index contributed by atoms with van der Waals surface area (Å²) in [6, 6.07) is 7.70. The average Bonchev–Trinajstić information content (AvgIpc) is 2.89. The highest BCUT2D eigenvalue weighted by atomic mass is 32.1. The quantitative estimate of drug-likeness (QED) is 0.431. The van der Waals surface area contributed by atoms with Gasteiger partial charge in [-0.25, -0.2) is 9.78 Å². The van der Waals surface area contributed by atoms with E-state index in [1.165, 1.54) is 19.2 Å². The largest absolute Gasteiger partial charge is 0.507 e. The van der Waals surface area contributed by atoms with Gasteiger partial charge in [0.2, 0.25) is 0 Å². The summed E-state index contributed by atoms with van der Waals surface area (Å²) in [4.78, 5) is 29.6. The van der Waals surface area contributed by atoms with Crippen LogP contribution in [0.3, 0.4) is 0 Å². The summed E-state index contributed by atoms with van der Waals surface area (Å²) in [6.07, 6.45) is 0. The first kappa shape index (κ1) is 17.8. The summed E-state index contributed by atoms with van der Waals surface area (Å²) in [7, 11) is 2.99. The molecule has 1 aromatic carbocycles. The van der Waals surface area contributed by atoms with Crippen LogP contribution in [0.15, 0.2) is 30.3 Å². The molecule has 0 aliphatic rings. The van der Waals surface area contributed by atoms with Crippen molar-refractivity contribution < 1.29 is 19.4 Å². The summed E-state index contributed by atoms with van der Waals surface area (Å²) in [5.74, 6) is -1.43. The number of hydrogen-bond donors (Lipinski definition) is 1. The molecule has 0 saturated heterocycles. The lowest BCUT2D eigenvalue weighted by molar-refractivity contribution is 0.0591. The van der Waals surface area contributed by atoms with Gasteiger partial charge in [-0.2, -0.15) is 0 Å². The molecule has 3 aromatic rings. The molecule has 134 valence electrons. The third kappa shape index (κ3) is 2.68. The summed E-state index contributed by atoms with van der Waals surface area (Å²) < 4.78 is 8.82. The van der Waals surface area contributed by atoms with Gasteiger partial charge in [0.25, 0.3) is 0 Å². The maximum absolute atomic E-state index is 13.0. The first-order valence-corrected chi connectivity index (χ1v) is 8.32. The number of ether oxygens (including phenoxy) is 1. The molecule has 2 aromatic heterocycles. The Bertz CT molecular complexity index is 1100. The van der Waals surface area contributed by atoms with Crippen LogP contribution >= 0.6 is 12.2 Å². The van der Waals surface area contributed by atoms with Crippen molar-refractivity contribution in [3.8, 4) is 5.75 Å². The molecule has 0 atom stereocenters. The predicted octanol–water partition coefficient (Wildman–Crippen LogP) is 2.85. The van der Waals surface area contributed by atoms with Crippen LogP contribution in [0.2, 0.25) is 0 Å². The Morgan fingerprint density at radius 1 is 1.27 bits per heavy atom. The van der Waals surface area contributed by atoms with Crippen LogP contribution in [0.1, 0.15) is 33.3 Å². The van der Waals surface area contributed by atoms with Crippen LogP contribution in [0, 0.1) is 4.77 Å². The number of pyridine rings is 1. The number of nitrogens with zero attached hydrogens (tertiary/aromatic N) is 3. The first-order valence-electron chi connectivity index (χ1n) is 7.92. The smallest absolute Gasteiger partial charge is 0.357 e. The van der Waals surface area contributed by atoms with E-state index in [2.05, 4.69) is 4.98 Å². The van der Waals surface area contributed by atoms with E-state index in [1.807, 2.05) is 6.92 Å². The Morgan fingerprint density at radius 2 is 1.96 bits per heavy atom. The summed E-state index contributed by atoms with van der Waals surface area (Å²) >= 11 is 5.40. The molecule has 2 heterocycles. The Morgan fingerprint density at radius 3 is 2.58 bits per heavy atom. The van der Waals surface area contributed by atoms with Crippen LogP contribution in [-0.2, 0) is 18.3 Å². The lowest BCUT2D eigenvalue weighted by atomic mass is 10.0. The molecule has 0 aliphatic heterocycles. The highest BCUT2D eigenvalue weighted by molar-refractivity contribution is 7.71. The van der Waals surface area contributed by atoms with Gasteiger partial charge in [0.15, 0.2) is 21.9 Å². The van der Waals surface area contributed by atoms with Gasteiger partial charge in [-0.1, -0.05) is 12.1 Å². The fourth-order valence-corrected chi connectivity index (χ4v) is 3.15. The zero-order valence-electron chi connectivity index (χ0n) is 14.5. The summed E-state index contributed by atoms with van der Waals surface area (Å²) in [5, 5.41) is 10.00. The maximum Gasteiger partial charge on any atom is 0.357 e. The molecule has 0 amide bonds. The van der Waals surface area contributed by atoms with Crippen molar-refractivity contribution in [1.29, 1.82) is 0 Å². The van der Waals surface area contributed by atoms with Gasteiger partial charge in [-0.05, 0) is 37.3 Å². The van der Waals surface area contributed by atoms with E-state index in [0.29, 0.717) is 22.5 Å². The molecule has 0 unspecified atom stereocenters. The second-order valence-electron chi connectivity index (χ2n) is 5.65. The average molecular weight is 371 g/mol. The first-order chi connectivity index (χ1) is 12.4. The molecule has 26 heavy (non-hydrogen) atoms. The fraction of sp³-hybridized carbons (Fsp3) is 0.222. The standard InChI is InChI=1S/C18H17N3O4S/c1-4-21-16-12(20(2)18(21)26)9-11(14(19-16)17(24)25-3)15(23)10-7-5-6-8-13(10)22/h5-9,22H,4H2,1-3H3. The van der Waals surface area contributed by atoms with E-state index >= 15 is 0 Å². The van der Waals surface area contributed by atoms with Crippen molar-refractivity contribution in [3.63, 3.8) is 0 Å². The van der Waals surface area contributed by atoms with E-state index in [9.17, 15) is 14.7 Å². The number of hydrogen-bond acceptors (Lipinski definition) is 6. The minimum atomic E-state index is -0.733. The normalized spacial score (nSPS) is 10.9. The molecular weight excluding hydrogens is 354 g/mol. The lowest BCUT2D eigenvalue weighted by Crippen LogP contribution is -2.15. The lowest BCUT2D eigenvalue weighted by Gasteiger charge is -2.09. The van der Waals surface area contributed by atoms with Crippen molar-refractivity contribution in [2.75, 3.05) is 7.11 Å². The Kier molecular flexibility index (Phi) is 4.60. The molecule has 0 saturated carbocycles. The summed E-state index contributed by atoms with van der Waals surface area (Å²) in [6.45, 7) is 2.48. The van der Waals surface area contributed by atoms with E-state index in [-0.39, 0.29) is 22.6 Å². The Balaban J connectivity index is 2.35. The van der Waals surface area contributed by atoms with Gasteiger partial charge in [0, 0.05) is 13.6 Å². The van der Waals surface area contributed by atoms with E-state index in [0.717, 1.165) is 0 Å². The number of esters is 1. The Hall–Kier alpha value is -3.00. The number of benzene rings is 1. The third-order valence-corrected chi connectivity index (χ3v) is 4.70. The van der Waals surface area contributed by atoms with E-state index in [4.69, 9.17) is 17.0 Å². The number of rotatable bonds is 4. The highest BCUT2D eigenvalue weighted by Gasteiger charge is 2.25. The number of aromatic nitrogens is 3. The van der Waals surface area contributed by atoms with Gasteiger partial charge >= 0.3 is 5.97 Å². The number of imidazole rings is 1. The molecule has 0 radical (unpaired) electrons. The molecule has 0 spiro atoms. The Labute approximate surface area is 154 Å². The van der Waals surface area contributed by atoms with E-state index in [1.54, 1.807) is 34.4 Å². The van der Waals surface area contributed by atoms with Crippen LogP contribution in [0.25, 0.3) is 11.2 Å². The van der Waals surface area contributed by atoms with Crippen LogP contribution in [-0.4, -0.2) is 38.1 Å². The minimum Gasteiger partial charge on any atom is -0.507 e. The second kappa shape index (κ2) is 6.72. The molecule has 3 rings (SSSR count). The number of carbonyl (C=O) groups is 2. The van der Waals surface area contributed by atoms with Crippen molar-refractivity contribution in [2.24, 2.45) is 7.05 Å². The highest BCUT2D eigenvalue weighted by Crippen LogP contribution is 2.25. The molecule has 0 fully saturated rings. The number of carbonyl (C=O) groups excluding carboxylic acids is 2. The molecule has 0 aliphatic carbocycles. The number of fused-ring (bicyclic) bond motifs is 1. The number of para-hydroxylation sites is 1. The van der Waals surface area contributed by atoms with Crippen molar-refractivity contribution in [3.05, 3.63) is 51.9 Å². The van der Waals surface area contributed by atoms with Crippen LogP contribution < -0.4 is 0 Å². The van der Waals surface area contributed by atoms with Crippen LogP contribution in [0.4, 0.5) is 0 Å². The SMILES string of the molecule is CCn1c(=S)n(C)c2cc(C(=O)c3ccccc3O)c(C(=O)OC)nc21. The van der Waals surface area contributed by atoms with Gasteiger partial charge in [0.05, 0.1) is 23.8 Å². The molecule has 8 heteroatoms. The number of phenols is 1. The topological polar surface area (TPSA) is 86.3 Å². The van der Waals surface area contributed by atoms with Crippen molar-refractivity contribution in [1.82, 2.24) is 14.1 Å². The molecule has 1 N–H and O–H groups in total. The summed E-state index contributed by atoms with van der Waals surface area (Å²) in [5.41, 5.74) is 1.12.